The minimum absolute atomic E-state index is 0.0905. The molecule has 0 fully saturated rings. The average Bonchev–Trinajstić information content (AvgIpc) is 2.84. The van der Waals surface area contributed by atoms with Crippen LogP contribution in [0.1, 0.15) is 35.0 Å². The second-order valence-electron chi connectivity index (χ2n) is 4.40. The molecule has 0 radical (unpaired) electrons. The van der Waals surface area contributed by atoms with Gasteiger partial charge in [-0.2, -0.15) is 0 Å². The molecule has 2 aromatic rings. The largest absolute Gasteiger partial charge is 0.444 e. The minimum atomic E-state index is -0.683. The fourth-order valence-corrected chi connectivity index (χ4v) is 2.04. The van der Waals surface area contributed by atoms with Gasteiger partial charge in [0.2, 0.25) is 5.89 Å². The Hall–Kier alpha value is -2.41. The Morgan fingerprint density at radius 1 is 1.52 bits per heavy atom. The first-order valence-corrected chi connectivity index (χ1v) is 6.44. The lowest BCUT2D eigenvalue weighted by atomic mass is 10.1. The molecule has 0 bridgehead atoms. The van der Waals surface area contributed by atoms with Crippen molar-refractivity contribution in [3.05, 3.63) is 56.7 Å². The second kappa shape index (κ2) is 5.92. The summed E-state index contributed by atoms with van der Waals surface area (Å²) >= 11 is 5.77. The van der Waals surface area contributed by atoms with Gasteiger partial charge in [-0.05, 0) is 26.0 Å². The first kappa shape index (κ1) is 15.0. The van der Waals surface area contributed by atoms with Crippen molar-refractivity contribution >= 4 is 23.2 Å². The number of hydrogen-bond acceptors (Lipinski definition) is 5. The summed E-state index contributed by atoms with van der Waals surface area (Å²) in [7, 11) is 0. The Morgan fingerprint density at radius 3 is 2.81 bits per heavy atom. The maximum atomic E-state index is 12.2. The van der Waals surface area contributed by atoms with Crippen LogP contribution in [0.5, 0.6) is 0 Å². The molecule has 1 amide bonds. The van der Waals surface area contributed by atoms with E-state index < -0.39 is 22.6 Å². The van der Waals surface area contributed by atoms with E-state index >= 15 is 0 Å². The zero-order valence-electron chi connectivity index (χ0n) is 11.3. The number of aryl methyl sites for hydroxylation is 1. The number of rotatable bonds is 4. The molecule has 1 heterocycles. The molecule has 0 saturated carbocycles. The van der Waals surface area contributed by atoms with E-state index in [1.807, 2.05) is 0 Å². The summed E-state index contributed by atoms with van der Waals surface area (Å²) in [6.07, 6.45) is 1.53. The summed E-state index contributed by atoms with van der Waals surface area (Å²) in [6, 6.07) is 3.65. The number of nitro benzene ring substituents is 1. The van der Waals surface area contributed by atoms with E-state index in [9.17, 15) is 14.9 Å². The van der Waals surface area contributed by atoms with Crippen molar-refractivity contribution in [2.45, 2.75) is 19.9 Å². The number of aromatic nitrogens is 1. The molecule has 0 aliphatic heterocycles. The standard InChI is InChI=1S/C13H12ClN3O4/c1-7-6-15-13(21-7)8(2)16-12(18)9-4-3-5-10(14)11(9)17(19)20/h3-6,8H,1-2H3,(H,16,18). The van der Waals surface area contributed by atoms with Crippen LogP contribution in [0, 0.1) is 17.0 Å². The summed E-state index contributed by atoms with van der Waals surface area (Å²) in [6.45, 7) is 3.40. The third kappa shape index (κ3) is 3.19. The van der Waals surface area contributed by atoms with Gasteiger partial charge in [-0.3, -0.25) is 14.9 Å². The highest BCUT2D eigenvalue weighted by atomic mass is 35.5. The van der Waals surface area contributed by atoms with E-state index in [0.717, 1.165) is 0 Å². The van der Waals surface area contributed by atoms with Crippen LogP contribution < -0.4 is 5.32 Å². The lowest BCUT2D eigenvalue weighted by molar-refractivity contribution is -0.385. The summed E-state index contributed by atoms with van der Waals surface area (Å²) in [5.74, 6) is 0.318. The van der Waals surface area contributed by atoms with E-state index in [2.05, 4.69) is 10.3 Å². The molecule has 110 valence electrons. The molecule has 7 nitrogen and oxygen atoms in total. The third-order valence-electron chi connectivity index (χ3n) is 2.77. The number of carbonyl (C=O) groups is 1. The van der Waals surface area contributed by atoms with Crippen molar-refractivity contribution < 1.29 is 14.1 Å². The number of nitrogens with zero attached hydrogens (tertiary/aromatic N) is 2. The number of amides is 1. The first-order valence-electron chi connectivity index (χ1n) is 6.06. The van der Waals surface area contributed by atoms with E-state index in [1.54, 1.807) is 13.8 Å². The van der Waals surface area contributed by atoms with Crippen LogP contribution in [-0.2, 0) is 0 Å². The van der Waals surface area contributed by atoms with Gasteiger partial charge in [0.1, 0.15) is 22.4 Å². The number of para-hydroxylation sites is 1. The summed E-state index contributed by atoms with van der Waals surface area (Å²) in [5.41, 5.74) is -0.532. The van der Waals surface area contributed by atoms with Crippen LogP contribution in [0.15, 0.2) is 28.8 Å². The van der Waals surface area contributed by atoms with Crippen molar-refractivity contribution in [1.29, 1.82) is 0 Å². The fraction of sp³-hybridized carbons (Fsp3) is 0.231. The molecule has 0 spiro atoms. The van der Waals surface area contributed by atoms with E-state index in [4.69, 9.17) is 16.0 Å². The zero-order valence-corrected chi connectivity index (χ0v) is 12.0. The van der Waals surface area contributed by atoms with Crippen molar-refractivity contribution in [2.24, 2.45) is 0 Å². The van der Waals surface area contributed by atoms with Gasteiger partial charge in [-0.25, -0.2) is 4.98 Å². The van der Waals surface area contributed by atoms with Crippen LogP contribution in [0.2, 0.25) is 5.02 Å². The summed E-state index contributed by atoms with van der Waals surface area (Å²) in [4.78, 5) is 26.5. The number of nitrogens with one attached hydrogen (secondary N) is 1. The van der Waals surface area contributed by atoms with Gasteiger partial charge in [-0.1, -0.05) is 17.7 Å². The van der Waals surface area contributed by atoms with Crippen molar-refractivity contribution in [1.82, 2.24) is 10.3 Å². The number of benzene rings is 1. The minimum Gasteiger partial charge on any atom is -0.444 e. The monoisotopic (exact) mass is 309 g/mol. The molecule has 0 saturated heterocycles. The number of halogens is 1. The van der Waals surface area contributed by atoms with E-state index in [1.165, 1.54) is 24.4 Å². The number of hydrogen-bond donors (Lipinski definition) is 1. The predicted octanol–water partition coefficient (Wildman–Crippen LogP) is 3.04. The Morgan fingerprint density at radius 2 is 2.24 bits per heavy atom. The van der Waals surface area contributed by atoms with Gasteiger partial charge in [0.05, 0.1) is 11.1 Å². The van der Waals surface area contributed by atoms with Crippen LogP contribution in [0.25, 0.3) is 0 Å². The maximum absolute atomic E-state index is 12.2. The SMILES string of the molecule is Cc1cnc(C(C)NC(=O)c2cccc(Cl)c2[N+](=O)[O-])o1. The van der Waals surface area contributed by atoms with Crippen LogP contribution in [0.4, 0.5) is 5.69 Å². The van der Waals surface area contributed by atoms with Crippen LogP contribution in [-0.4, -0.2) is 15.8 Å². The quantitative estimate of drug-likeness (QED) is 0.691. The third-order valence-corrected chi connectivity index (χ3v) is 3.08. The number of nitro groups is 1. The zero-order chi connectivity index (χ0) is 15.6. The smallest absolute Gasteiger partial charge is 0.300 e. The molecule has 2 rings (SSSR count). The van der Waals surface area contributed by atoms with Gasteiger partial charge >= 0.3 is 5.69 Å². The van der Waals surface area contributed by atoms with Gasteiger partial charge in [0.25, 0.3) is 5.91 Å². The highest BCUT2D eigenvalue weighted by Gasteiger charge is 2.25. The molecule has 0 aliphatic carbocycles. The number of oxazole rings is 1. The van der Waals surface area contributed by atoms with Crippen molar-refractivity contribution in [3.8, 4) is 0 Å². The molecular weight excluding hydrogens is 298 g/mol. The Kier molecular flexibility index (Phi) is 4.23. The molecular formula is C13H12ClN3O4. The first-order chi connectivity index (χ1) is 9.90. The molecule has 1 aromatic heterocycles. The van der Waals surface area contributed by atoms with E-state index in [0.29, 0.717) is 11.7 Å². The van der Waals surface area contributed by atoms with Gasteiger partial charge < -0.3 is 9.73 Å². The maximum Gasteiger partial charge on any atom is 0.300 e. The molecule has 0 aliphatic rings. The van der Waals surface area contributed by atoms with Crippen LogP contribution in [0.3, 0.4) is 0 Å². The second-order valence-corrected chi connectivity index (χ2v) is 4.80. The predicted molar refractivity (Wildman–Crippen MR) is 75.2 cm³/mol. The molecule has 8 heteroatoms. The van der Waals surface area contributed by atoms with Crippen molar-refractivity contribution in [3.63, 3.8) is 0 Å². The Balaban J connectivity index is 2.25. The topological polar surface area (TPSA) is 98.3 Å². The Labute approximate surface area is 125 Å². The summed E-state index contributed by atoms with van der Waals surface area (Å²) in [5, 5.41) is 13.5. The highest BCUT2D eigenvalue weighted by Crippen LogP contribution is 2.28. The number of carbonyl (C=O) groups excluding carboxylic acids is 1. The molecule has 21 heavy (non-hydrogen) atoms. The van der Waals surface area contributed by atoms with Gasteiger partial charge in [0.15, 0.2) is 0 Å². The highest BCUT2D eigenvalue weighted by molar-refractivity contribution is 6.33. The van der Waals surface area contributed by atoms with E-state index in [-0.39, 0.29) is 10.6 Å². The Bertz CT molecular complexity index is 698. The van der Waals surface area contributed by atoms with Crippen molar-refractivity contribution in [2.75, 3.05) is 0 Å². The van der Waals surface area contributed by atoms with Gasteiger partial charge in [-0.15, -0.1) is 0 Å². The molecule has 1 aromatic carbocycles. The van der Waals surface area contributed by atoms with Crippen LogP contribution >= 0.6 is 11.6 Å². The lowest BCUT2D eigenvalue weighted by Gasteiger charge is -2.11. The average molecular weight is 310 g/mol. The molecule has 1 atom stereocenters. The molecule has 1 unspecified atom stereocenters. The van der Waals surface area contributed by atoms with Gasteiger partial charge in [0, 0.05) is 0 Å². The molecule has 1 N–H and O–H groups in total. The normalized spacial score (nSPS) is 12.0. The summed E-state index contributed by atoms with van der Waals surface area (Å²) < 4.78 is 5.30. The fourth-order valence-electron chi connectivity index (χ4n) is 1.79. The lowest BCUT2D eigenvalue weighted by Crippen LogP contribution is -2.27.